The molecule has 0 saturated heterocycles. The highest BCUT2D eigenvalue weighted by Crippen LogP contribution is 2.08. The summed E-state index contributed by atoms with van der Waals surface area (Å²) in [5.41, 5.74) is 0. The van der Waals surface area contributed by atoms with Crippen molar-refractivity contribution in [1.82, 2.24) is 0 Å². The molecule has 0 fully saturated rings. The van der Waals surface area contributed by atoms with E-state index in [1.54, 1.807) is 0 Å². The first-order chi connectivity index (χ1) is 16.9. The highest BCUT2D eigenvalue weighted by Gasteiger charge is 2.21. The Morgan fingerprint density at radius 2 is 0.886 bits per heavy atom. The van der Waals surface area contributed by atoms with Crippen LogP contribution in [0.15, 0.2) is 0 Å². The van der Waals surface area contributed by atoms with Crippen molar-refractivity contribution in [1.29, 1.82) is 0 Å². The summed E-state index contributed by atoms with van der Waals surface area (Å²) in [5, 5.41) is 0. The van der Waals surface area contributed by atoms with E-state index in [1.807, 2.05) is 27.7 Å². The average molecular weight is 503 g/mol. The first-order valence-electron chi connectivity index (χ1n) is 13.1. The third-order valence-electron chi connectivity index (χ3n) is 4.94. The molecule has 0 spiro atoms. The van der Waals surface area contributed by atoms with Crippen LogP contribution in [-0.4, -0.2) is 62.5 Å². The molecule has 0 heterocycles. The molecule has 0 aliphatic rings. The van der Waals surface area contributed by atoms with E-state index in [9.17, 15) is 19.2 Å². The van der Waals surface area contributed by atoms with Gasteiger partial charge in [0.05, 0.1) is 13.2 Å². The first-order valence-corrected chi connectivity index (χ1v) is 13.1. The summed E-state index contributed by atoms with van der Waals surface area (Å²) in [4.78, 5) is 47.8. The van der Waals surface area contributed by atoms with E-state index in [2.05, 4.69) is 0 Å². The lowest BCUT2D eigenvalue weighted by Gasteiger charge is -2.21. The molecule has 0 amide bonds. The monoisotopic (exact) mass is 502 g/mol. The van der Waals surface area contributed by atoms with Crippen molar-refractivity contribution in [3.05, 3.63) is 0 Å². The predicted molar refractivity (Wildman–Crippen MR) is 131 cm³/mol. The van der Waals surface area contributed by atoms with Crippen molar-refractivity contribution in [3.8, 4) is 0 Å². The van der Waals surface area contributed by atoms with Crippen molar-refractivity contribution in [2.75, 3.05) is 26.4 Å². The Bertz CT molecular complexity index is 591. The maximum atomic E-state index is 12.2. The largest absolute Gasteiger partial charge is 0.462 e. The quantitative estimate of drug-likeness (QED) is 0.118. The van der Waals surface area contributed by atoms with Crippen LogP contribution in [0.3, 0.4) is 0 Å². The highest BCUT2D eigenvalue weighted by molar-refractivity contribution is 5.71. The third-order valence-corrected chi connectivity index (χ3v) is 4.94. The van der Waals surface area contributed by atoms with Gasteiger partial charge in [0.2, 0.25) is 0 Å². The van der Waals surface area contributed by atoms with Gasteiger partial charge in [-0.15, -0.1) is 0 Å². The van der Waals surface area contributed by atoms with Crippen molar-refractivity contribution < 1.29 is 42.9 Å². The molecule has 2 atom stereocenters. The van der Waals surface area contributed by atoms with Gasteiger partial charge in [0.1, 0.15) is 13.2 Å². The fourth-order valence-electron chi connectivity index (χ4n) is 3.02. The number of carbonyl (C=O) groups is 4. The van der Waals surface area contributed by atoms with Gasteiger partial charge in [-0.25, -0.2) is 0 Å². The van der Waals surface area contributed by atoms with E-state index >= 15 is 0 Å². The van der Waals surface area contributed by atoms with Gasteiger partial charge >= 0.3 is 23.9 Å². The van der Waals surface area contributed by atoms with E-state index in [0.29, 0.717) is 19.3 Å². The molecular formula is C26H46O9. The van der Waals surface area contributed by atoms with Crippen molar-refractivity contribution >= 4 is 23.9 Å². The Morgan fingerprint density at radius 3 is 1.34 bits per heavy atom. The minimum absolute atomic E-state index is 0.0491. The maximum Gasteiger partial charge on any atom is 0.306 e. The van der Waals surface area contributed by atoms with Crippen LogP contribution in [0.4, 0.5) is 0 Å². The van der Waals surface area contributed by atoms with Gasteiger partial charge in [-0.05, 0) is 25.7 Å². The van der Waals surface area contributed by atoms with Gasteiger partial charge in [-0.1, -0.05) is 53.4 Å². The number of hydrogen-bond acceptors (Lipinski definition) is 9. The average Bonchev–Trinajstić information content (AvgIpc) is 2.81. The number of carbonyl (C=O) groups excluding carboxylic acids is 4. The standard InChI is InChI=1S/C26H46O9/c1-5-9-11-15-24(28)33-20-22(35-26(30)16-12-10-6-2)18-31-17-21(34-25(29)14-8-4)19-32-23(27)13-7-3/h21-22H,5-20H2,1-4H3. The fraction of sp³-hybridized carbons (Fsp3) is 0.846. The lowest BCUT2D eigenvalue weighted by molar-refractivity contribution is -0.168. The molecule has 9 nitrogen and oxygen atoms in total. The minimum atomic E-state index is -0.785. The zero-order valence-electron chi connectivity index (χ0n) is 22.1. The maximum absolute atomic E-state index is 12.2. The summed E-state index contributed by atoms with van der Waals surface area (Å²) in [5.74, 6) is -1.52. The highest BCUT2D eigenvalue weighted by atomic mass is 16.6. The van der Waals surface area contributed by atoms with E-state index in [1.165, 1.54) is 0 Å². The second kappa shape index (κ2) is 22.3. The van der Waals surface area contributed by atoms with Gasteiger partial charge < -0.3 is 23.7 Å². The van der Waals surface area contributed by atoms with E-state index in [4.69, 9.17) is 23.7 Å². The van der Waals surface area contributed by atoms with Gasteiger partial charge in [0, 0.05) is 25.7 Å². The van der Waals surface area contributed by atoms with Gasteiger partial charge in [-0.2, -0.15) is 0 Å². The lowest BCUT2D eigenvalue weighted by Crippen LogP contribution is -2.34. The number of esters is 4. The smallest absolute Gasteiger partial charge is 0.306 e. The van der Waals surface area contributed by atoms with Crippen molar-refractivity contribution in [3.63, 3.8) is 0 Å². The summed E-state index contributed by atoms with van der Waals surface area (Å²) in [7, 11) is 0. The number of unbranched alkanes of at least 4 members (excludes halogenated alkanes) is 4. The molecular weight excluding hydrogens is 456 g/mol. The topological polar surface area (TPSA) is 114 Å². The SMILES string of the molecule is CCCCCC(=O)OCC(COCC(COC(=O)CCC)OC(=O)CCC)OC(=O)CCCCC. The van der Waals surface area contributed by atoms with Crippen molar-refractivity contribution in [2.45, 2.75) is 117 Å². The normalized spacial score (nSPS) is 12.5. The minimum Gasteiger partial charge on any atom is -0.462 e. The Hall–Kier alpha value is -2.16. The lowest BCUT2D eigenvalue weighted by atomic mass is 10.2. The molecule has 0 aromatic rings. The van der Waals surface area contributed by atoms with Gasteiger partial charge in [0.15, 0.2) is 12.2 Å². The Balaban J connectivity index is 4.86. The molecule has 0 aromatic heterocycles. The molecule has 0 radical (unpaired) electrons. The summed E-state index contributed by atoms with van der Waals surface area (Å²) >= 11 is 0. The molecule has 0 N–H and O–H groups in total. The van der Waals surface area contributed by atoms with E-state index in [0.717, 1.165) is 38.5 Å². The molecule has 0 rings (SSSR count). The Morgan fingerprint density at radius 1 is 0.486 bits per heavy atom. The summed E-state index contributed by atoms with van der Waals surface area (Å²) in [6, 6.07) is 0. The molecule has 2 unspecified atom stereocenters. The molecule has 0 aliphatic carbocycles. The Labute approximate surface area is 210 Å². The van der Waals surface area contributed by atoms with Crippen LogP contribution in [0.5, 0.6) is 0 Å². The Kier molecular flexibility index (Phi) is 20.9. The zero-order chi connectivity index (χ0) is 26.3. The van der Waals surface area contributed by atoms with Crippen LogP contribution < -0.4 is 0 Å². The first kappa shape index (κ1) is 32.8. The van der Waals surface area contributed by atoms with Crippen LogP contribution in [0.2, 0.25) is 0 Å². The molecule has 35 heavy (non-hydrogen) atoms. The van der Waals surface area contributed by atoms with E-state index in [-0.39, 0.29) is 63.6 Å². The fourth-order valence-corrected chi connectivity index (χ4v) is 3.02. The molecule has 0 saturated carbocycles. The molecule has 0 aromatic carbocycles. The van der Waals surface area contributed by atoms with Gasteiger partial charge in [-0.3, -0.25) is 19.2 Å². The number of hydrogen-bond donors (Lipinski definition) is 0. The van der Waals surface area contributed by atoms with Crippen molar-refractivity contribution in [2.24, 2.45) is 0 Å². The predicted octanol–water partition coefficient (Wildman–Crippen LogP) is 4.67. The van der Waals surface area contributed by atoms with Crippen LogP contribution >= 0.6 is 0 Å². The summed E-state index contributed by atoms with van der Waals surface area (Å²) in [6.07, 6.45) is 6.12. The number of ether oxygens (including phenoxy) is 5. The molecule has 204 valence electrons. The van der Waals surface area contributed by atoms with Crippen LogP contribution in [0.25, 0.3) is 0 Å². The summed E-state index contributed by atoms with van der Waals surface area (Å²) in [6.45, 7) is 7.48. The third kappa shape index (κ3) is 19.8. The van der Waals surface area contributed by atoms with Crippen LogP contribution in [-0.2, 0) is 42.9 Å². The van der Waals surface area contributed by atoms with Gasteiger partial charge in [0.25, 0.3) is 0 Å². The van der Waals surface area contributed by atoms with Crippen LogP contribution in [0.1, 0.15) is 105 Å². The number of rotatable bonds is 22. The second-order valence-electron chi connectivity index (χ2n) is 8.54. The van der Waals surface area contributed by atoms with E-state index < -0.39 is 18.2 Å². The zero-order valence-corrected chi connectivity index (χ0v) is 22.1. The molecule has 0 bridgehead atoms. The van der Waals surface area contributed by atoms with Crippen LogP contribution in [0, 0.1) is 0 Å². The summed E-state index contributed by atoms with van der Waals surface area (Å²) < 4.78 is 26.9. The molecule has 0 aliphatic heterocycles. The second-order valence-corrected chi connectivity index (χ2v) is 8.54. The molecule has 9 heteroatoms.